The van der Waals surface area contributed by atoms with Crippen LogP contribution in [0.15, 0.2) is 36.7 Å². The molecule has 3 aromatic heterocycles. The summed E-state index contributed by atoms with van der Waals surface area (Å²) in [6.07, 6.45) is -1.30. The second kappa shape index (κ2) is 10.4. The number of carbonyl (C=O) groups is 2. The lowest BCUT2D eigenvalue weighted by molar-refractivity contribution is -0.141. The summed E-state index contributed by atoms with van der Waals surface area (Å²) in [6.45, 7) is 2.96. The van der Waals surface area contributed by atoms with E-state index in [0.717, 1.165) is 6.26 Å². The number of nitrogens with one attached hydrogen (secondary N) is 3. The molecule has 212 valence electrons. The van der Waals surface area contributed by atoms with E-state index in [4.69, 9.17) is 23.2 Å². The molecule has 0 fully saturated rings. The van der Waals surface area contributed by atoms with Crippen LogP contribution in [0.4, 0.5) is 18.9 Å². The van der Waals surface area contributed by atoms with Gasteiger partial charge in [0.25, 0.3) is 11.8 Å². The van der Waals surface area contributed by atoms with Gasteiger partial charge in [-0.3, -0.25) is 14.7 Å². The minimum Gasteiger partial charge on any atom is -0.346 e. The molecule has 4 rings (SSSR count). The Morgan fingerprint density at radius 1 is 1.12 bits per heavy atom. The molecule has 0 spiro atoms. The Morgan fingerprint density at radius 3 is 2.45 bits per heavy atom. The van der Waals surface area contributed by atoms with Crippen molar-refractivity contribution in [2.45, 2.75) is 25.6 Å². The molecule has 0 saturated heterocycles. The first-order chi connectivity index (χ1) is 18.5. The smallest absolute Gasteiger partial charge is 0.346 e. The van der Waals surface area contributed by atoms with Crippen molar-refractivity contribution < 1.29 is 31.2 Å². The van der Waals surface area contributed by atoms with Crippen LogP contribution in [0.25, 0.3) is 16.7 Å². The van der Waals surface area contributed by atoms with E-state index in [1.807, 2.05) is 0 Å². The number of aromatic amines is 1. The molecular formula is C23H20Cl2F3N7O4S. The van der Waals surface area contributed by atoms with Gasteiger partial charge in [0.05, 0.1) is 38.8 Å². The van der Waals surface area contributed by atoms with Crippen molar-refractivity contribution >= 4 is 61.4 Å². The first-order valence-electron chi connectivity index (χ1n) is 11.2. The maximum Gasteiger partial charge on any atom is 0.435 e. The summed E-state index contributed by atoms with van der Waals surface area (Å²) in [6, 6.07) is 4.67. The van der Waals surface area contributed by atoms with Crippen LogP contribution in [0, 0.1) is 0 Å². The van der Waals surface area contributed by atoms with Crippen LogP contribution in [-0.2, 0) is 16.0 Å². The number of hydrogen-bond acceptors (Lipinski definition) is 7. The number of sulfone groups is 1. The molecule has 0 aliphatic carbocycles. The number of hydrogen-bond donors (Lipinski definition) is 3. The van der Waals surface area contributed by atoms with E-state index >= 15 is 0 Å². The summed E-state index contributed by atoms with van der Waals surface area (Å²) in [5.41, 5.74) is -3.63. The first kappa shape index (κ1) is 29.3. The molecule has 11 nitrogen and oxygen atoms in total. The number of H-pyrrole nitrogens is 1. The fraction of sp³-hybridized carbons (Fsp3) is 0.261. The van der Waals surface area contributed by atoms with Gasteiger partial charge in [0.1, 0.15) is 15.5 Å². The molecule has 3 heterocycles. The van der Waals surface area contributed by atoms with Gasteiger partial charge in [0, 0.05) is 29.4 Å². The van der Waals surface area contributed by atoms with Crippen LogP contribution in [0.5, 0.6) is 0 Å². The van der Waals surface area contributed by atoms with Gasteiger partial charge in [0.15, 0.2) is 11.5 Å². The Hall–Kier alpha value is -3.69. The van der Waals surface area contributed by atoms with Crippen LogP contribution >= 0.6 is 23.2 Å². The predicted molar refractivity (Wildman–Crippen MR) is 142 cm³/mol. The average Bonchev–Trinajstić information content (AvgIpc) is 3.44. The molecule has 2 amide bonds. The van der Waals surface area contributed by atoms with Crippen molar-refractivity contribution in [1.82, 2.24) is 30.3 Å². The van der Waals surface area contributed by atoms with Crippen molar-refractivity contribution in [2.75, 3.05) is 17.3 Å². The molecule has 0 aliphatic rings. The number of aromatic nitrogens is 5. The number of amides is 2. The Morgan fingerprint density at radius 2 is 1.82 bits per heavy atom. The van der Waals surface area contributed by atoms with Gasteiger partial charge in [-0.25, -0.2) is 18.1 Å². The highest BCUT2D eigenvalue weighted by Gasteiger charge is 2.37. The molecule has 0 radical (unpaired) electrons. The Bertz CT molecular complexity index is 1750. The van der Waals surface area contributed by atoms with Crippen molar-refractivity contribution in [3.05, 3.63) is 63.7 Å². The number of pyridine rings is 1. The number of benzene rings is 1. The van der Waals surface area contributed by atoms with E-state index in [2.05, 4.69) is 30.9 Å². The average molecular weight is 618 g/mol. The molecule has 0 saturated carbocycles. The Kier molecular flexibility index (Phi) is 7.60. The van der Waals surface area contributed by atoms with Gasteiger partial charge in [-0.2, -0.15) is 23.4 Å². The largest absolute Gasteiger partial charge is 0.435 e. The summed E-state index contributed by atoms with van der Waals surface area (Å²) < 4.78 is 65.0. The van der Waals surface area contributed by atoms with E-state index in [9.17, 15) is 31.2 Å². The van der Waals surface area contributed by atoms with Crippen LogP contribution in [0.2, 0.25) is 10.0 Å². The van der Waals surface area contributed by atoms with Crippen molar-refractivity contribution in [2.24, 2.45) is 0 Å². The number of fused-ring (bicyclic) bond motifs is 1. The van der Waals surface area contributed by atoms with Crippen LogP contribution in [0.1, 0.15) is 40.4 Å². The molecule has 3 N–H and O–H groups in total. The van der Waals surface area contributed by atoms with Crippen molar-refractivity contribution in [3.63, 3.8) is 0 Å². The van der Waals surface area contributed by atoms with E-state index < -0.39 is 50.5 Å². The Balaban J connectivity index is 1.82. The zero-order chi connectivity index (χ0) is 29.6. The topological polar surface area (TPSA) is 152 Å². The number of rotatable bonds is 7. The molecule has 4 aromatic rings. The van der Waals surface area contributed by atoms with Gasteiger partial charge >= 0.3 is 6.18 Å². The lowest BCUT2D eigenvalue weighted by Gasteiger charge is -2.26. The fourth-order valence-electron chi connectivity index (χ4n) is 4.02. The molecule has 17 heteroatoms. The fourth-order valence-corrected chi connectivity index (χ4v) is 5.87. The van der Waals surface area contributed by atoms with E-state index in [-0.39, 0.29) is 32.6 Å². The number of anilines is 1. The van der Waals surface area contributed by atoms with Crippen molar-refractivity contribution in [3.8, 4) is 5.82 Å². The standard InChI is InChI=1S/C23H20Cl2F3N7O4S/c1-22(2,10-40(3,38)39)32-21(37)16-17-11(9-30-33-17)7-13(25)18(16)31-20(36)14-8-15(23(26,27)28)34-35(14)19-12(24)5-4-6-29-19/h4-9H,10H2,1-3H3,(H,30,33)(H,31,36)(H,32,37). The zero-order valence-corrected chi connectivity index (χ0v) is 23.2. The highest BCUT2D eigenvalue weighted by molar-refractivity contribution is 7.90. The maximum absolute atomic E-state index is 13.5. The van der Waals surface area contributed by atoms with Crippen LogP contribution < -0.4 is 10.6 Å². The third-order valence-electron chi connectivity index (χ3n) is 5.40. The van der Waals surface area contributed by atoms with E-state index in [1.165, 1.54) is 44.4 Å². The molecular weight excluding hydrogens is 598 g/mol. The minimum atomic E-state index is -4.91. The van der Waals surface area contributed by atoms with E-state index in [0.29, 0.717) is 16.1 Å². The van der Waals surface area contributed by atoms with Crippen LogP contribution in [0.3, 0.4) is 0 Å². The van der Waals surface area contributed by atoms with Gasteiger partial charge in [-0.1, -0.05) is 23.2 Å². The third kappa shape index (κ3) is 6.21. The summed E-state index contributed by atoms with van der Waals surface area (Å²) >= 11 is 12.5. The maximum atomic E-state index is 13.5. The summed E-state index contributed by atoms with van der Waals surface area (Å²) in [4.78, 5) is 30.8. The minimum absolute atomic E-state index is 0.0848. The summed E-state index contributed by atoms with van der Waals surface area (Å²) in [5.74, 6) is -2.63. The van der Waals surface area contributed by atoms with Gasteiger partial charge in [-0.05, 0) is 32.0 Å². The van der Waals surface area contributed by atoms with Gasteiger partial charge in [-0.15, -0.1) is 0 Å². The second-order valence-electron chi connectivity index (χ2n) is 9.44. The summed E-state index contributed by atoms with van der Waals surface area (Å²) in [5, 5.41) is 15.1. The lowest BCUT2D eigenvalue weighted by Crippen LogP contribution is -2.48. The van der Waals surface area contributed by atoms with Gasteiger partial charge in [0.2, 0.25) is 0 Å². The monoisotopic (exact) mass is 617 g/mol. The highest BCUT2D eigenvalue weighted by atomic mass is 35.5. The quantitative estimate of drug-likeness (QED) is 0.280. The number of carbonyl (C=O) groups excluding carboxylic acids is 2. The second-order valence-corrected chi connectivity index (χ2v) is 12.4. The number of alkyl halides is 3. The van der Waals surface area contributed by atoms with Crippen molar-refractivity contribution in [1.29, 1.82) is 0 Å². The molecule has 0 bridgehead atoms. The third-order valence-corrected chi connectivity index (χ3v) is 7.24. The molecule has 0 aliphatic heterocycles. The first-order valence-corrected chi connectivity index (χ1v) is 14.0. The van der Waals surface area contributed by atoms with Crippen LogP contribution in [-0.4, -0.2) is 62.7 Å². The number of halogens is 5. The highest BCUT2D eigenvalue weighted by Crippen LogP contribution is 2.35. The predicted octanol–water partition coefficient (Wildman–Crippen LogP) is 4.27. The van der Waals surface area contributed by atoms with E-state index in [1.54, 1.807) is 0 Å². The van der Waals surface area contributed by atoms with Gasteiger partial charge < -0.3 is 10.6 Å². The Labute approximate surface area is 235 Å². The summed E-state index contributed by atoms with van der Waals surface area (Å²) in [7, 11) is -3.51. The lowest BCUT2D eigenvalue weighted by atomic mass is 10.0. The molecule has 40 heavy (non-hydrogen) atoms. The molecule has 1 aromatic carbocycles. The zero-order valence-electron chi connectivity index (χ0n) is 20.9. The molecule has 0 unspecified atom stereocenters. The molecule has 0 atom stereocenters. The normalized spacial score (nSPS) is 12.5. The SMILES string of the molecule is CC(C)(CS(C)(=O)=O)NC(=O)c1c(NC(=O)c2cc(C(F)(F)F)nn2-c2ncccc2Cl)c(Cl)cc2cn[nH]c12. The number of nitrogens with zero attached hydrogens (tertiary/aromatic N) is 4.